The van der Waals surface area contributed by atoms with Crippen LogP contribution in [0.4, 0.5) is 0 Å². The zero-order chi connectivity index (χ0) is 10.0. The van der Waals surface area contributed by atoms with Crippen LogP contribution in [0.1, 0.15) is 15.9 Å². The zero-order valence-corrected chi connectivity index (χ0v) is 7.87. The molecular weight excluding hydrogens is 238 g/mol. The van der Waals surface area contributed by atoms with E-state index in [4.69, 9.17) is 10.4 Å². The second-order valence-corrected chi connectivity index (χ2v) is 3.09. The molecule has 4 nitrogen and oxygen atoms in total. The molecule has 2 N–H and O–H groups in total. The third-order valence-electron chi connectivity index (χ3n) is 1.46. The number of hydrogen-bond acceptors (Lipinski definition) is 3. The summed E-state index contributed by atoms with van der Waals surface area (Å²) in [6.45, 7) is 0. The van der Waals surface area contributed by atoms with Crippen molar-refractivity contribution >= 4 is 21.9 Å². The van der Waals surface area contributed by atoms with Crippen LogP contribution in [-0.2, 0) is 0 Å². The number of halogens is 1. The monoisotopic (exact) mass is 241 g/mol. The molecule has 0 aliphatic heterocycles. The van der Waals surface area contributed by atoms with Gasteiger partial charge in [-0.2, -0.15) is 5.26 Å². The molecule has 0 aliphatic rings. The van der Waals surface area contributed by atoms with E-state index in [1.165, 1.54) is 12.1 Å². The summed E-state index contributed by atoms with van der Waals surface area (Å²) in [7, 11) is 0. The maximum atomic E-state index is 10.6. The molecule has 0 radical (unpaired) electrons. The maximum Gasteiger partial charge on any atom is 0.340 e. The van der Waals surface area contributed by atoms with Gasteiger partial charge in [-0.05, 0) is 28.1 Å². The van der Waals surface area contributed by atoms with Crippen LogP contribution in [0.15, 0.2) is 16.6 Å². The summed E-state index contributed by atoms with van der Waals surface area (Å²) in [6.07, 6.45) is 0. The topological polar surface area (TPSA) is 81.3 Å². The van der Waals surface area contributed by atoms with Gasteiger partial charge >= 0.3 is 5.97 Å². The molecule has 0 heterocycles. The van der Waals surface area contributed by atoms with Crippen LogP contribution in [0.25, 0.3) is 0 Å². The van der Waals surface area contributed by atoms with Gasteiger partial charge in [-0.15, -0.1) is 0 Å². The van der Waals surface area contributed by atoms with E-state index in [0.29, 0.717) is 0 Å². The molecule has 0 amide bonds. The highest BCUT2D eigenvalue weighted by Gasteiger charge is 2.17. The summed E-state index contributed by atoms with van der Waals surface area (Å²) in [6, 6.07) is 4.43. The van der Waals surface area contributed by atoms with Crippen LogP contribution in [0.3, 0.4) is 0 Å². The lowest BCUT2D eigenvalue weighted by Crippen LogP contribution is -2.00. The van der Waals surface area contributed by atoms with Crippen LogP contribution in [0.5, 0.6) is 5.75 Å². The predicted molar refractivity (Wildman–Crippen MR) is 47.5 cm³/mol. The highest BCUT2D eigenvalue weighted by Crippen LogP contribution is 2.29. The Labute approximate surface area is 82.2 Å². The molecule has 0 aliphatic carbocycles. The van der Waals surface area contributed by atoms with Crippen molar-refractivity contribution in [3.05, 3.63) is 27.7 Å². The highest BCUT2D eigenvalue weighted by molar-refractivity contribution is 9.10. The molecule has 0 unspecified atom stereocenters. The van der Waals surface area contributed by atoms with Crippen molar-refractivity contribution in [1.82, 2.24) is 0 Å². The summed E-state index contributed by atoms with van der Waals surface area (Å²) in [4.78, 5) is 10.6. The number of nitrogens with zero attached hydrogens (tertiary/aromatic N) is 1. The third-order valence-corrected chi connectivity index (χ3v) is 2.10. The van der Waals surface area contributed by atoms with Crippen LogP contribution in [0.2, 0.25) is 0 Å². The largest absolute Gasteiger partial charge is 0.506 e. The summed E-state index contributed by atoms with van der Waals surface area (Å²) < 4.78 is 0.254. The first-order valence-corrected chi connectivity index (χ1v) is 4.02. The van der Waals surface area contributed by atoms with Gasteiger partial charge in [0.2, 0.25) is 0 Å². The molecule has 13 heavy (non-hydrogen) atoms. The molecule has 0 spiro atoms. The molecule has 0 saturated carbocycles. The fraction of sp³-hybridized carbons (Fsp3) is 0. The third kappa shape index (κ3) is 1.63. The average molecular weight is 242 g/mol. The van der Waals surface area contributed by atoms with E-state index < -0.39 is 11.7 Å². The molecule has 1 rings (SSSR count). The Bertz CT molecular complexity index is 409. The van der Waals surface area contributed by atoms with Crippen molar-refractivity contribution in [1.29, 1.82) is 5.26 Å². The van der Waals surface area contributed by atoms with Gasteiger partial charge in [0.25, 0.3) is 0 Å². The SMILES string of the molecule is N#Cc1ccc(Br)c(O)c1C(=O)O. The highest BCUT2D eigenvalue weighted by atomic mass is 79.9. The van der Waals surface area contributed by atoms with E-state index in [1.54, 1.807) is 6.07 Å². The molecule has 66 valence electrons. The number of nitriles is 1. The van der Waals surface area contributed by atoms with Crippen LogP contribution < -0.4 is 0 Å². The number of aromatic carboxylic acids is 1. The minimum absolute atomic E-state index is 0.0619. The van der Waals surface area contributed by atoms with Crippen LogP contribution in [0, 0.1) is 11.3 Å². The molecule has 5 heteroatoms. The molecule has 0 atom stereocenters. The number of rotatable bonds is 1. The summed E-state index contributed by atoms with van der Waals surface area (Å²) in [5.41, 5.74) is -0.440. The lowest BCUT2D eigenvalue weighted by molar-refractivity contribution is 0.0693. The average Bonchev–Trinajstić information content (AvgIpc) is 2.08. The quantitative estimate of drug-likeness (QED) is 0.785. The van der Waals surface area contributed by atoms with E-state index in [0.717, 1.165) is 0 Å². The number of aromatic hydroxyl groups is 1. The standard InChI is InChI=1S/C8H4BrNO3/c9-5-2-1-4(3-10)6(7(5)11)8(12)13/h1-2,11H,(H,12,13). The summed E-state index contributed by atoms with van der Waals surface area (Å²) in [5, 5.41) is 26.5. The van der Waals surface area contributed by atoms with Crippen molar-refractivity contribution < 1.29 is 15.0 Å². The van der Waals surface area contributed by atoms with E-state index in [-0.39, 0.29) is 15.6 Å². The summed E-state index contributed by atoms with van der Waals surface area (Å²) in [5.74, 6) is -1.75. The van der Waals surface area contributed by atoms with Crippen LogP contribution in [-0.4, -0.2) is 16.2 Å². The first-order valence-electron chi connectivity index (χ1n) is 3.22. The van der Waals surface area contributed by atoms with E-state index >= 15 is 0 Å². The van der Waals surface area contributed by atoms with Gasteiger partial charge in [0.05, 0.1) is 10.0 Å². The van der Waals surface area contributed by atoms with Crippen molar-refractivity contribution in [3.63, 3.8) is 0 Å². The fourth-order valence-electron chi connectivity index (χ4n) is 0.875. The maximum absolute atomic E-state index is 10.6. The predicted octanol–water partition coefficient (Wildman–Crippen LogP) is 1.72. The molecule has 0 fully saturated rings. The minimum Gasteiger partial charge on any atom is -0.506 e. The van der Waals surface area contributed by atoms with Gasteiger partial charge in [-0.25, -0.2) is 4.79 Å². The second-order valence-electron chi connectivity index (χ2n) is 2.24. The number of benzene rings is 1. The van der Waals surface area contributed by atoms with Crippen molar-refractivity contribution in [3.8, 4) is 11.8 Å². The summed E-state index contributed by atoms with van der Waals surface area (Å²) >= 11 is 2.95. The number of carboxylic acids is 1. The van der Waals surface area contributed by atoms with Crippen LogP contribution >= 0.6 is 15.9 Å². The van der Waals surface area contributed by atoms with E-state index in [2.05, 4.69) is 15.9 Å². The van der Waals surface area contributed by atoms with Crippen molar-refractivity contribution in [2.24, 2.45) is 0 Å². The molecule has 0 aromatic heterocycles. The number of carboxylic acid groups (broad SMARTS) is 1. The van der Waals surface area contributed by atoms with Gasteiger partial charge in [-0.1, -0.05) is 0 Å². The Hall–Kier alpha value is -1.54. The lowest BCUT2D eigenvalue weighted by Gasteiger charge is -2.02. The van der Waals surface area contributed by atoms with Gasteiger partial charge in [0.15, 0.2) is 0 Å². The Kier molecular flexibility index (Phi) is 2.54. The van der Waals surface area contributed by atoms with Gasteiger partial charge in [0, 0.05) is 0 Å². The van der Waals surface area contributed by atoms with E-state index in [9.17, 15) is 9.90 Å². The first-order chi connectivity index (χ1) is 6.07. The van der Waals surface area contributed by atoms with Crippen molar-refractivity contribution in [2.75, 3.05) is 0 Å². The fourth-order valence-corrected chi connectivity index (χ4v) is 1.21. The second kappa shape index (κ2) is 3.46. The molecule has 1 aromatic rings. The Morgan fingerprint density at radius 3 is 2.62 bits per heavy atom. The molecular formula is C8H4BrNO3. The lowest BCUT2D eigenvalue weighted by atomic mass is 10.1. The number of hydrogen-bond donors (Lipinski definition) is 2. The van der Waals surface area contributed by atoms with Gasteiger partial charge in [-0.3, -0.25) is 0 Å². The van der Waals surface area contributed by atoms with Gasteiger partial charge < -0.3 is 10.2 Å². The van der Waals surface area contributed by atoms with E-state index in [1.807, 2.05) is 0 Å². The smallest absolute Gasteiger partial charge is 0.340 e. The molecule has 1 aromatic carbocycles. The minimum atomic E-state index is -1.32. The van der Waals surface area contributed by atoms with Crippen molar-refractivity contribution in [2.45, 2.75) is 0 Å². The molecule has 0 saturated heterocycles. The Balaban J connectivity index is 3.53. The number of carbonyl (C=O) groups is 1. The normalized spacial score (nSPS) is 9.23. The Morgan fingerprint density at radius 1 is 1.54 bits per heavy atom. The van der Waals surface area contributed by atoms with Gasteiger partial charge in [0.1, 0.15) is 17.4 Å². The zero-order valence-electron chi connectivity index (χ0n) is 6.28. The Morgan fingerprint density at radius 2 is 2.15 bits per heavy atom. The number of phenols is 1. The first kappa shape index (κ1) is 9.55. The molecule has 0 bridgehead atoms.